The van der Waals surface area contributed by atoms with Gasteiger partial charge in [0, 0.05) is 29.4 Å². The van der Waals surface area contributed by atoms with Gasteiger partial charge in [0.1, 0.15) is 28.7 Å². The van der Waals surface area contributed by atoms with Crippen LogP contribution in [0.1, 0.15) is 34.9 Å². The van der Waals surface area contributed by atoms with Crippen molar-refractivity contribution < 1.29 is 19.0 Å². The Morgan fingerprint density at radius 2 is 2.00 bits per heavy atom. The van der Waals surface area contributed by atoms with Crippen molar-refractivity contribution in [1.29, 1.82) is 0 Å². The van der Waals surface area contributed by atoms with Crippen molar-refractivity contribution in [2.45, 2.75) is 24.9 Å². The van der Waals surface area contributed by atoms with E-state index in [-0.39, 0.29) is 24.3 Å². The minimum Gasteiger partial charge on any atom is -0.394 e. The second-order valence-corrected chi connectivity index (χ2v) is 8.27. The first-order valence-electron chi connectivity index (χ1n) is 11.1. The van der Waals surface area contributed by atoms with Gasteiger partial charge in [-0.3, -0.25) is 9.20 Å². The molecular formula is C25H24FN5O3. The van der Waals surface area contributed by atoms with E-state index in [9.17, 15) is 14.3 Å². The number of fused-ring (bicyclic) bond motifs is 1. The molecule has 2 aromatic carbocycles. The summed E-state index contributed by atoms with van der Waals surface area (Å²) in [4.78, 5) is 21.7. The predicted molar refractivity (Wildman–Crippen MR) is 126 cm³/mol. The van der Waals surface area contributed by atoms with E-state index in [2.05, 4.69) is 10.3 Å². The quantitative estimate of drug-likeness (QED) is 0.418. The molecule has 1 fully saturated rings. The summed E-state index contributed by atoms with van der Waals surface area (Å²) in [6.45, 7) is 0.467. The number of hydrogen-bond acceptors (Lipinski definition) is 6. The van der Waals surface area contributed by atoms with Crippen LogP contribution in [0.2, 0.25) is 0 Å². The van der Waals surface area contributed by atoms with E-state index in [1.165, 1.54) is 12.1 Å². The summed E-state index contributed by atoms with van der Waals surface area (Å²) in [5.41, 5.74) is 8.85. The van der Waals surface area contributed by atoms with E-state index >= 15 is 0 Å². The first kappa shape index (κ1) is 22.0. The number of rotatable bonds is 5. The second-order valence-electron chi connectivity index (χ2n) is 8.27. The number of anilines is 2. The maximum absolute atomic E-state index is 13.9. The number of halogens is 1. The largest absolute Gasteiger partial charge is 0.394 e. The molecule has 174 valence electrons. The zero-order valence-corrected chi connectivity index (χ0v) is 18.3. The SMILES string of the molecule is Nc1nccn2c(C3CCC(CO)OC3)nc(-c3ccc(C(=O)Nc4ccccc4F)cc3)c12. The molecule has 1 aliphatic rings. The minimum atomic E-state index is -0.496. The number of carbonyl (C=O) groups excluding carboxylic acids is 1. The van der Waals surface area contributed by atoms with E-state index in [0.29, 0.717) is 29.2 Å². The molecule has 2 unspecified atom stereocenters. The number of aliphatic hydroxyl groups excluding tert-OH is 1. The van der Waals surface area contributed by atoms with Crippen molar-refractivity contribution in [3.8, 4) is 11.3 Å². The summed E-state index contributed by atoms with van der Waals surface area (Å²) in [5, 5.41) is 11.9. The van der Waals surface area contributed by atoms with Gasteiger partial charge in [-0.05, 0) is 37.1 Å². The lowest BCUT2D eigenvalue weighted by Gasteiger charge is -2.27. The smallest absolute Gasteiger partial charge is 0.255 e. The van der Waals surface area contributed by atoms with Gasteiger partial charge in [0.05, 0.1) is 25.0 Å². The zero-order valence-electron chi connectivity index (χ0n) is 18.3. The van der Waals surface area contributed by atoms with Crippen molar-refractivity contribution in [3.63, 3.8) is 0 Å². The third kappa shape index (κ3) is 4.11. The number of imidazole rings is 1. The van der Waals surface area contributed by atoms with E-state index in [0.717, 1.165) is 24.2 Å². The molecule has 1 amide bonds. The lowest BCUT2D eigenvalue weighted by molar-refractivity contribution is -0.0282. The summed E-state index contributed by atoms with van der Waals surface area (Å²) >= 11 is 0. The number of aromatic nitrogens is 3. The fraction of sp³-hybridized carbons (Fsp3) is 0.240. The Bertz CT molecular complexity index is 1330. The highest BCUT2D eigenvalue weighted by Crippen LogP contribution is 2.34. The first-order valence-corrected chi connectivity index (χ1v) is 11.1. The maximum Gasteiger partial charge on any atom is 0.255 e. The number of nitrogens with zero attached hydrogens (tertiary/aromatic N) is 3. The molecule has 0 saturated carbocycles. The number of nitrogens with one attached hydrogen (secondary N) is 1. The molecule has 1 saturated heterocycles. The summed E-state index contributed by atoms with van der Waals surface area (Å²) in [7, 11) is 0. The lowest BCUT2D eigenvalue weighted by Crippen LogP contribution is -2.28. The molecule has 0 spiro atoms. The van der Waals surface area contributed by atoms with E-state index in [1.807, 2.05) is 10.6 Å². The number of carbonyl (C=O) groups is 1. The van der Waals surface area contributed by atoms with Crippen LogP contribution in [0, 0.1) is 5.82 Å². The predicted octanol–water partition coefficient (Wildman–Crippen LogP) is 3.62. The molecule has 34 heavy (non-hydrogen) atoms. The molecule has 5 rings (SSSR count). The summed E-state index contributed by atoms with van der Waals surface area (Å²) < 4.78 is 21.6. The molecule has 4 aromatic rings. The third-order valence-corrected chi connectivity index (χ3v) is 6.09. The van der Waals surface area contributed by atoms with Crippen LogP contribution in [0.15, 0.2) is 60.9 Å². The molecular weight excluding hydrogens is 437 g/mol. The summed E-state index contributed by atoms with van der Waals surface area (Å²) in [6.07, 6.45) is 4.90. The molecule has 3 heterocycles. The summed E-state index contributed by atoms with van der Waals surface area (Å²) in [6, 6.07) is 12.9. The molecule has 0 bridgehead atoms. The van der Waals surface area contributed by atoms with Crippen LogP contribution >= 0.6 is 0 Å². The number of nitrogens with two attached hydrogens (primary N) is 1. The number of aliphatic hydroxyl groups is 1. The highest BCUT2D eigenvalue weighted by molar-refractivity contribution is 6.04. The fourth-order valence-corrected chi connectivity index (χ4v) is 4.27. The van der Waals surface area contributed by atoms with Gasteiger partial charge in [-0.15, -0.1) is 0 Å². The van der Waals surface area contributed by atoms with Gasteiger partial charge in [-0.1, -0.05) is 24.3 Å². The molecule has 0 radical (unpaired) electrons. The van der Waals surface area contributed by atoms with Crippen molar-refractivity contribution >= 4 is 22.9 Å². The lowest BCUT2D eigenvalue weighted by atomic mass is 9.98. The monoisotopic (exact) mass is 461 g/mol. The molecule has 0 aliphatic carbocycles. The average molecular weight is 461 g/mol. The van der Waals surface area contributed by atoms with Crippen LogP contribution in [0.25, 0.3) is 16.8 Å². The van der Waals surface area contributed by atoms with Crippen molar-refractivity contribution in [1.82, 2.24) is 14.4 Å². The van der Waals surface area contributed by atoms with Gasteiger partial charge in [-0.2, -0.15) is 0 Å². The fourth-order valence-electron chi connectivity index (χ4n) is 4.27. The van der Waals surface area contributed by atoms with E-state index in [1.54, 1.807) is 42.6 Å². The van der Waals surface area contributed by atoms with Crippen LogP contribution in [0.4, 0.5) is 15.9 Å². The minimum absolute atomic E-state index is 0.00795. The van der Waals surface area contributed by atoms with Crippen LogP contribution in [-0.4, -0.2) is 44.7 Å². The number of nitrogen functional groups attached to an aromatic ring is 1. The van der Waals surface area contributed by atoms with Crippen molar-refractivity contribution in [2.24, 2.45) is 0 Å². The van der Waals surface area contributed by atoms with E-state index in [4.69, 9.17) is 15.5 Å². The first-order chi connectivity index (χ1) is 16.5. The van der Waals surface area contributed by atoms with Gasteiger partial charge >= 0.3 is 0 Å². The molecule has 2 atom stereocenters. The summed E-state index contributed by atoms with van der Waals surface area (Å²) in [5.74, 6) is 0.312. The molecule has 4 N–H and O–H groups in total. The van der Waals surface area contributed by atoms with Gasteiger partial charge in [0.15, 0.2) is 0 Å². The van der Waals surface area contributed by atoms with Crippen molar-refractivity contribution in [3.05, 3.63) is 78.1 Å². The van der Waals surface area contributed by atoms with Crippen LogP contribution in [0.5, 0.6) is 0 Å². The third-order valence-electron chi connectivity index (χ3n) is 6.09. The Hall–Kier alpha value is -3.82. The highest BCUT2D eigenvalue weighted by Gasteiger charge is 2.28. The number of amides is 1. The molecule has 9 heteroatoms. The number of benzene rings is 2. The molecule has 1 aliphatic heterocycles. The maximum atomic E-state index is 13.9. The second kappa shape index (κ2) is 9.20. The van der Waals surface area contributed by atoms with Crippen LogP contribution in [0.3, 0.4) is 0 Å². The van der Waals surface area contributed by atoms with Gasteiger partial charge in [0.2, 0.25) is 0 Å². The standard InChI is InChI=1S/C25H24FN5O3/c26-19-3-1-2-4-20(19)29-25(33)16-7-5-15(6-8-16)21-22-23(27)28-11-12-31(22)24(30-21)17-9-10-18(13-32)34-14-17/h1-8,11-12,17-18,32H,9-10,13-14H2,(H2,27,28)(H,29,33). The van der Waals surface area contributed by atoms with Crippen LogP contribution in [-0.2, 0) is 4.74 Å². The van der Waals surface area contributed by atoms with E-state index < -0.39 is 11.7 Å². The topological polar surface area (TPSA) is 115 Å². The normalized spacial score (nSPS) is 18.2. The average Bonchev–Trinajstić information content (AvgIpc) is 3.26. The highest BCUT2D eigenvalue weighted by atomic mass is 19.1. The number of ether oxygens (including phenoxy) is 1. The molecule has 2 aromatic heterocycles. The molecule has 8 nitrogen and oxygen atoms in total. The Morgan fingerprint density at radius 1 is 1.21 bits per heavy atom. The Labute approximate surface area is 195 Å². The Balaban J connectivity index is 1.45. The Kier molecular flexibility index (Phi) is 5.95. The van der Waals surface area contributed by atoms with Crippen molar-refractivity contribution in [2.75, 3.05) is 24.3 Å². The van der Waals surface area contributed by atoms with Gasteiger partial charge < -0.3 is 20.9 Å². The van der Waals surface area contributed by atoms with Gasteiger partial charge in [0.25, 0.3) is 5.91 Å². The zero-order chi connectivity index (χ0) is 23.7. The number of hydrogen-bond donors (Lipinski definition) is 3. The van der Waals surface area contributed by atoms with Gasteiger partial charge in [-0.25, -0.2) is 14.4 Å². The Morgan fingerprint density at radius 3 is 2.71 bits per heavy atom. The van der Waals surface area contributed by atoms with Crippen LogP contribution < -0.4 is 11.1 Å². The number of para-hydroxylation sites is 1.